The number of halogens is 1. The molecule has 0 radical (unpaired) electrons. The average Bonchev–Trinajstić information content (AvgIpc) is 2.83. The minimum Gasteiger partial charge on any atom is -0.495 e. The van der Waals surface area contributed by atoms with Gasteiger partial charge in [0, 0.05) is 5.69 Å². The van der Waals surface area contributed by atoms with Gasteiger partial charge in [-0.15, -0.1) is 0 Å². The van der Waals surface area contributed by atoms with Gasteiger partial charge in [0.1, 0.15) is 17.5 Å². The van der Waals surface area contributed by atoms with Crippen LogP contribution in [0.2, 0.25) is 5.02 Å². The maximum absolute atomic E-state index is 13.0. The molecule has 0 heterocycles. The molecule has 0 fully saturated rings. The van der Waals surface area contributed by atoms with Crippen LogP contribution in [0, 0.1) is 6.92 Å². The van der Waals surface area contributed by atoms with Crippen molar-refractivity contribution >= 4 is 54.6 Å². The van der Waals surface area contributed by atoms with Crippen molar-refractivity contribution in [1.29, 1.82) is 0 Å². The summed E-state index contributed by atoms with van der Waals surface area (Å²) in [5, 5.41) is 2.80. The third-order valence-electron chi connectivity index (χ3n) is 5.51. The molecule has 0 saturated heterocycles. The number of anilines is 3. The molecule has 0 aliphatic carbocycles. The lowest BCUT2D eigenvalue weighted by molar-refractivity contribution is -0.116. The number of rotatable bonds is 10. The number of carbonyl (C=O) groups excluding carboxylic acids is 1. The second-order valence-electron chi connectivity index (χ2n) is 8.38. The van der Waals surface area contributed by atoms with Crippen LogP contribution >= 0.6 is 11.6 Å². The highest BCUT2D eigenvalue weighted by atomic mass is 35.5. The Kier molecular flexibility index (Phi) is 8.80. The van der Waals surface area contributed by atoms with E-state index in [4.69, 9.17) is 21.1 Å². The maximum Gasteiger partial charge on any atom is 0.262 e. The Morgan fingerprint density at radius 2 is 1.53 bits per heavy atom. The van der Waals surface area contributed by atoms with Crippen molar-refractivity contribution in [3.63, 3.8) is 0 Å². The lowest BCUT2D eigenvalue weighted by Gasteiger charge is -2.28. The van der Waals surface area contributed by atoms with Crippen LogP contribution in [0.15, 0.2) is 65.6 Å². The van der Waals surface area contributed by atoms with Crippen LogP contribution in [-0.4, -0.2) is 49.3 Å². The molecule has 1 amide bonds. The van der Waals surface area contributed by atoms with Crippen LogP contribution in [0.5, 0.6) is 11.5 Å². The molecule has 0 unspecified atom stereocenters. The maximum atomic E-state index is 13.0. The second kappa shape index (κ2) is 11.5. The zero-order chi connectivity index (χ0) is 28.3. The fourth-order valence-corrected chi connectivity index (χ4v) is 6.15. The van der Waals surface area contributed by atoms with Gasteiger partial charge in [-0.1, -0.05) is 17.7 Å². The molecule has 10 nitrogen and oxygen atoms in total. The van der Waals surface area contributed by atoms with E-state index in [1.165, 1.54) is 63.6 Å². The van der Waals surface area contributed by atoms with E-state index in [0.29, 0.717) is 17.2 Å². The van der Waals surface area contributed by atoms with Gasteiger partial charge in [-0.25, -0.2) is 16.8 Å². The Labute approximate surface area is 227 Å². The molecule has 2 N–H and O–H groups in total. The van der Waals surface area contributed by atoms with Crippen LogP contribution < -0.4 is 23.8 Å². The zero-order valence-electron chi connectivity index (χ0n) is 21.4. The molecule has 0 aliphatic rings. The van der Waals surface area contributed by atoms with Gasteiger partial charge < -0.3 is 14.8 Å². The van der Waals surface area contributed by atoms with E-state index in [9.17, 15) is 21.6 Å². The summed E-state index contributed by atoms with van der Waals surface area (Å²) in [7, 11) is -4.97. The Hall–Kier alpha value is -3.48. The molecule has 0 bridgehead atoms. The molecule has 13 heteroatoms. The Balaban J connectivity index is 1.80. The predicted molar refractivity (Wildman–Crippen MR) is 148 cm³/mol. The van der Waals surface area contributed by atoms with E-state index < -0.39 is 32.0 Å². The molecule has 3 aromatic rings. The van der Waals surface area contributed by atoms with Gasteiger partial charge in [0.15, 0.2) is 0 Å². The van der Waals surface area contributed by atoms with E-state index in [1.807, 2.05) is 6.92 Å². The molecular formula is C25H28ClN3O7S2. The van der Waals surface area contributed by atoms with E-state index in [2.05, 4.69) is 10.0 Å². The minimum absolute atomic E-state index is 0.0438. The lowest BCUT2D eigenvalue weighted by Crippen LogP contribution is -2.45. The van der Waals surface area contributed by atoms with Crippen molar-refractivity contribution in [2.24, 2.45) is 0 Å². The number of methoxy groups -OCH3 is 2. The lowest BCUT2D eigenvalue weighted by atomic mass is 10.2. The number of hydrogen-bond acceptors (Lipinski definition) is 7. The number of amides is 1. The molecule has 1 atom stereocenters. The summed E-state index contributed by atoms with van der Waals surface area (Å²) in [6, 6.07) is 13.8. The van der Waals surface area contributed by atoms with Gasteiger partial charge in [0.25, 0.3) is 10.0 Å². The number of hydrogen-bond donors (Lipinski definition) is 2. The van der Waals surface area contributed by atoms with Crippen molar-refractivity contribution in [3.8, 4) is 11.5 Å². The van der Waals surface area contributed by atoms with Crippen LogP contribution in [0.4, 0.5) is 17.1 Å². The fraction of sp³-hybridized carbons (Fsp3) is 0.240. The number of aryl methyl sites for hydroxylation is 1. The molecule has 0 aromatic heterocycles. The normalized spacial score (nSPS) is 12.4. The van der Waals surface area contributed by atoms with Crippen molar-refractivity contribution < 1.29 is 31.1 Å². The van der Waals surface area contributed by atoms with Gasteiger partial charge in [-0.2, -0.15) is 0 Å². The summed E-state index contributed by atoms with van der Waals surface area (Å²) >= 11 is 6.16. The third kappa shape index (κ3) is 6.69. The van der Waals surface area contributed by atoms with Crippen molar-refractivity contribution in [1.82, 2.24) is 0 Å². The van der Waals surface area contributed by atoms with Crippen LogP contribution in [-0.2, 0) is 24.8 Å². The van der Waals surface area contributed by atoms with E-state index in [1.54, 1.807) is 18.2 Å². The summed E-state index contributed by atoms with van der Waals surface area (Å²) in [5.41, 5.74) is 1.59. The fourth-order valence-electron chi connectivity index (χ4n) is 3.67. The highest BCUT2D eigenvalue weighted by Crippen LogP contribution is 2.32. The molecule has 3 aromatic carbocycles. The van der Waals surface area contributed by atoms with Gasteiger partial charge >= 0.3 is 0 Å². The first kappa shape index (κ1) is 29.1. The minimum atomic E-state index is -3.96. The van der Waals surface area contributed by atoms with Crippen LogP contribution in [0.25, 0.3) is 0 Å². The average molecular weight is 582 g/mol. The van der Waals surface area contributed by atoms with Gasteiger partial charge in [0.05, 0.1) is 41.8 Å². The molecule has 3 rings (SSSR count). The monoisotopic (exact) mass is 581 g/mol. The number of nitrogens with one attached hydrogen (secondary N) is 2. The molecule has 204 valence electrons. The standard InChI is InChI=1S/C25H28ClN3O7S2/c1-16-6-12-24(36-4)22(14-16)28-38(33,34)20-10-7-18(8-11-20)27-25(30)17(2)29(37(5,31)32)19-9-13-23(35-3)21(26)15-19/h6-15,17,28H,1-5H3,(H,27,30)/t17-/m0/s1. The molecular weight excluding hydrogens is 554 g/mol. The highest BCUT2D eigenvalue weighted by molar-refractivity contribution is 7.92. The topological polar surface area (TPSA) is 131 Å². The van der Waals surface area contributed by atoms with Crippen LogP contribution in [0.1, 0.15) is 12.5 Å². The van der Waals surface area contributed by atoms with Gasteiger partial charge in [-0.3, -0.25) is 13.8 Å². The smallest absolute Gasteiger partial charge is 0.262 e. The number of carbonyl (C=O) groups is 1. The quantitative estimate of drug-likeness (QED) is 0.366. The summed E-state index contributed by atoms with van der Waals surface area (Å²) in [4.78, 5) is 12.9. The van der Waals surface area contributed by atoms with Crippen molar-refractivity contribution in [2.45, 2.75) is 24.8 Å². The van der Waals surface area contributed by atoms with Crippen molar-refractivity contribution in [3.05, 3.63) is 71.2 Å². The second-order valence-corrected chi connectivity index (χ2v) is 12.3. The molecule has 0 saturated carbocycles. The van der Waals surface area contributed by atoms with E-state index >= 15 is 0 Å². The summed E-state index contributed by atoms with van der Waals surface area (Å²) in [6.07, 6.45) is 0.977. The van der Waals surface area contributed by atoms with Gasteiger partial charge in [-0.05, 0) is 74.0 Å². The Bertz CT molecular complexity index is 1540. The first-order chi connectivity index (χ1) is 17.8. The SMILES string of the molecule is COc1ccc(N([C@@H](C)C(=O)Nc2ccc(S(=O)(=O)Nc3cc(C)ccc3OC)cc2)S(C)(=O)=O)cc1Cl. The Morgan fingerprint density at radius 1 is 0.921 bits per heavy atom. The number of benzene rings is 3. The summed E-state index contributed by atoms with van der Waals surface area (Å²) in [6.45, 7) is 3.25. The Morgan fingerprint density at radius 3 is 2.08 bits per heavy atom. The zero-order valence-corrected chi connectivity index (χ0v) is 23.7. The predicted octanol–water partition coefficient (Wildman–Crippen LogP) is 4.26. The molecule has 38 heavy (non-hydrogen) atoms. The summed E-state index contributed by atoms with van der Waals surface area (Å²) < 4.78 is 64.7. The number of ether oxygens (including phenoxy) is 2. The van der Waals surface area contributed by atoms with E-state index in [0.717, 1.165) is 16.1 Å². The number of nitrogens with zero attached hydrogens (tertiary/aromatic N) is 1. The van der Waals surface area contributed by atoms with Gasteiger partial charge in [0.2, 0.25) is 15.9 Å². The largest absolute Gasteiger partial charge is 0.495 e. The third-order valence-corrected chi connectivity index (χ3v) is 8.43. The summed E-state index contributed by atoms with van der Waals surface area (Å²) in [5.74, 6) is 0.0811. The van der Waals surface area contributed by atoms with Crippen LogP contribution in [0.3, 0.4) is 0 Å². The van der Waals surface area contributed by atoms with Crippen molar-refractivity contribution in [2.75, 3.05) is 34.8 Å². The number of sulfonamides is 2. The van der Waals surface area contributed by atoms with E-state index in [-0.39, 0.29) is 21.3 Å². The molecule has 0 spiro atoms. The highest BCUT2D eigenvalue weighted by Gasteiger charge is 2.30. The first-order valence-corrected chi connectivity index (χ1v) is 14.9. The molecule has 0 aliphatic heterocycles. The first-order valence-electron chi connectivity index (χ1n) is 11.2.